The molecule has 1 saturated carbocycles. The predicted molar refractivity (Wildman–Crippen MR) is 111 cm³/mol. The first kappa shape index (κ1) is 20.4. The molecule has 1 aliphatic rings. The lowest BCUT2D eigenvalue weighted by Crippen LogP contribution is -2.41. The summed E-state index contributed by atoms with van der Waals surface area (Å²) in [5.41, 5.74) is 1.40. The molecule has 148 valence electrons. The number of hydrogen-bond acceptors (Lipinski definition) is 6. The molecule has 0 saturated heterocycles. The molecule has 0 radical (unpaired) electrons. The molecule has 2 atom stereocenters. The molecule has 1 aromatic heterocycles. The third kappa shape index (κ3) is 5.12. The van der Waals surface area contributed by atoms with E-state index in [1.807, 2.05) is 24.3 Å². The second-order valence-electron chi connectivity index (χ2n) is 8.00. The van der Waals surface area contributed by atoms with Crippen LogP contribution in [0, 0.1) is 16.7 Å². The van der Waals surface area contributed by atoms with Gasteiger partial charge in [0.05, 0.1) is 12.3 Å². The number of aliphatic hydroxyl groups excluding tert-OH is 1. The molecule has 6 nitrogen and oxygen atoms in total. The highest BCUT2D eigenvalue weighted by Gasteiger charge is 2.35. The Bertz CT molecular complexity index is 864. The molecule has 3 N–H and O–H groups in total. The molecule has 3 rings (SSSR count). The van der Waals surface area contributed by atoms with E-state index < -0.39 is 0 Å². The third-order valence-corrected chi connectivity index (χ3v) is 5.53. The fourth-order valence-corrected chi connectivity index (χ4v) is 3.82. The van der Waals surface area contributed by atoms with Gasteiger partial charge < -0.3 is 15.7 Å². The molecule has 0 amide bonds. The van der Waals surface area contributed by atoms with Gasteiger partial charge in [-0.2, -0.15) is 10.2 Å². The maximum Gasteiger partial charge on any atom is 0.224 e. The second-order valence-corrected chi connectivity index (χ2v) is 8.44. The molecule has 7 heteroatoms. The number of benzene rings is 1. The van der Waals surface area contributed by atoms with Crippen molar-refractivity contribution < 1.29 is 5.11 Å². The lowest BCUT2D eigenvalue weighted by molar-refractivity contribution is 0.00926. The van der Waals surface area contributed by atoms with Gasteiger partial charge in [0, 0.05) is 17.6 Å². The first-order valence-electron chi connectivity index (χ1n) is 9.57. The van der Waals surface area contributed by atoms with Gasteiger partial charge in [-0.25, -0.2) is 4.98 Å². The number of aromatic nitrogens is 2. The van der Waals surface area contributed by atoms with Gasteiger partial charge >= 0.3 is 0 Å². The highest BCUT2D eigenvalue weighted by Crippen LogP contribution is 2.36. The van der Waals surface area contributed by atoms with Gasteiger partial charge in [0.2, 0.25) is 5.95 Å². The highest BCUT2D eigenvalue weighted by molar-refractivity contribution is 6.30. The van der Waals surface area contributed by atoms with E-state index in [0.717, 1.165) is 36.3 Å². The summed E-state index contributed by atoms with van der Waals surface area (Å²) in [6.07, 6.45) is 4.44. The Hall–Kier alpha value is -2.36. The smallest absolute Gasteiger partial charge is 0.224 e. The largest absolute Gasteiger partial charge is 0.393 e. The van der Waals surface area contributed by atoms with Crippen LogP contribution in [0.1, 0.15) is 44.2 Å². The normalized spacial score (nSPS) is 21.0. The number of hydrogen-bond donors (Lipinski definition) is 3. The van der Waals surface area contributed by atoms with Crippen LogP contribution in [-0.4, -0.2) is 33.8 Å². The molecular weight excluding hydrogens is 374 g/mol. The summed E-state index contributed by atoms with van der Waals surface area (Å²) < 4.78 is 0. The van der Waals surface area contributed by atoms with Crippen molar-refractivity contribution in [2.45, 2.75) is 51.7 Å². The first-order chi connectivity index (χ1) is 13.4. The Morgan fingerprint density at radius 3 is 2.89 bits per heavy atom. The van der Waals surface area contributed by atoms with E-state index in [4.69, 9.17) is 11.6 Å². The molecule has 0 unspecified atom stereocenters. The van der Waals surface area contributed by atoms with E-state index in [1.165, 1.54) is 0 Å². The summed E-state index contributed by atoms with van der Waals surface area (Å²) in [7, 11) is 0. The number of anilines is 2. The van der Waals surface area contributed by atoms with Crippen LogP contribution < -0.4 is 10.6 Å². The molecule has 1 fully saturated rings. The molecule has 0 aliphatic heterocycles. The van der Waals surface area contributed by atoms with Crippen molar-refractivity contribution in [3.05, 3.63) is 46.6 Å². The van der Waals surface area contributed by atoms with Gasteiger partial charge in [0.15, 0.2) is 0 Å². The van der Waals surface area contributed by atoms with Crippen LogP contribution in [0.4, 0.5) is 11.8 Å². The standard InChI is InChI=1S/C21H26ClN5O/c1-21(2)11-17(6-7-18(21)28)26-19-15(12-23)13-25-20(27-19)24-9-8-14-4-3-5-16(22)10-14/h3-5,10,13,17-18,28H,6-9,11H2,1-2H3,(H2,24,25,26,27)/t17-,18+/m1/s1. The first-order valence-corrected chi connectivity index (χ1v) is 9.95. The van der Waals surface area contributed by atoms with Gasteiger partial charge in [0.1, 0.15) is 17.5 Å². The van der Waals surface area contributed by atoms with Crippen LogP contribution in [0.5, 0.6) is 0 Å². The minimum Gasteiger partial charge on any atom is -0.393 e. The fraction of sp³-hybridized carbons (Fsp3) is 0.476. The van der Waals surface area contributed by atoms with Crippen LogP contribution in [-0.2, 0) is 6.42 Å². The lowest BCUT2D eigenvalue weighted by atomic mass is 9.73. The summed E-state index contributed by atoms with van der Waals surface area (Å²) in [5.74, 6) is 1.03. The van der Waals surface area contributed by atoms with Crippen LogP contribution >= 0.6 is 11.6 Å². The summed E-state index contributed by atoms with van der Waals surface area (Å²) in [6.45, 7) is 4.80. The topological polar surface area (TPSA) is 93.9 Å². The Morgan fingerprint density at radius 2 is 2.18 bits per heavy atom. The van der Waals surface area contributed by atoms with Crippen LogP contribution in [0.25, 0.3) is 0 Å². The van der Waals surface area contributed by atoms with E-state index >= 15 is 0 Å². The monoisotopic (exact) mass is 399 g/mol. The molecule has 1 aliphatic carbocycles. The van der Waals surface area contributed by atoms with Gasteiger partial charge in [-0.15, -0.1) is 0 Å². The fourth-order valence-electron chi connectivity index (χ4n) is 3.61. The molecule has 0 spiro atoms. The maximum atomic E-state index is 10.1. The second kappa shape index (κ2) is 8.76. The number of nitriles is 1. The predicted octanol–water partition coefficient (Wildman–Crippen LogP) is 4.01. The average molecular weight is 400 g/mol. The Balaban J connectivity index is 1.64. The summed E-state index contributed by atoms with van der Waals surface area (Å²) in [5, 5.41) is 26.9. The maximum absolute atomic E-state index is 10.1. The van der Waals surface area contributed by atoms with E-state index in [1.54, 1.807) is 6.20 Å². The average Bonchev–Trinajstić information content (AvgIpc) is 2.65. The number of nitrogens with one attached hydrogen (secondary N) is 2. The van der Waals surface area contributed by atoms with Crippen molar-refractivity contribution in [2.75, 3.05) is 17.2 Å². The minimum absolute atomic E-state index is 0.159. The number of aliphatic hydroxyl groups is 1. The summed E-state index contributed by atoms with van der Waals surface area (Å²) in [4.78, 5) is 8.75. The SMILES string of the molecule is CC1(C)C[C@H](Nc2nc(NCCc3cccc(Cl)c3)ncc2C#N)CC[C@@H]1O. The Morgan fingerprint density at radius 1 is 1.36 bits per heavy atom. The summed E-state index contributed by atoms with van der Waals surface area (Å²) in [6, 6.07) is 10.1. The van der Waals surface area contributed by atoms with Gasteiger partial charge in [-0.1, -0.05) is 37.6 Å². The molecule has 1 heterocycles. The van der Waals surface area contributed by atoms with E-state index in [0.29, 0.717) is 23.9 Å². The number of rotatable bonds is 6. The molecule has 0 bridgehead atoms. The third-order valence-electron chi connectivity index (χ3n) is 5.30. The highest BCUT2D eigenvalue weighted by atomic mass is 35.5. The van der Waals surface area contributed by atoms with Crippen molar-refractivity contribution in [3.63, 3.8) is 0 Å². The zero-order valence-corrected chi connectivity index (χ0v) is 17.0. The molecule has 28 heavy (non-hydrogen) atoms. The van der Waals surface area contributed by atoms with E-state index in [9.17, 15) is 10.4 Å². The van der Waals surface area contributed by atoms with Crippen molar-refractivity contribution in [2.24, 2.45) is 5.41 Å². The lowest BCUT2D eigenvalue weighted by Gasteiger charge is -2.40. The van der Waals surface area contributed by atoms with Gasteiger partial charge in [0.25, 0.3) is 0 Å². The molecule has 2 aromatic rings. The van der Waals surface area contributed by atoms with Gasteiger partial charge in [-0.3, -0.25) is 0 Å². The van der Waals surface area contributed by atoms with Crippen molar-refractivity contribution in [3.8, 4) is 6.07 Å². The van der Waals surface area contributed by atoms with Crippen molar-refractivity contribution in [1.82, 2.24) is 9.97 Å². The van der Waals surface area contributed by atoms with Crippen LogP contribution in [0.15, 0.2) is 30.5 Å². The number of halogens is 1. The molecule has 1 aromatic carbocycles. The van der Waals surface area contributed by atoms with E-state index in [2.05, 4.69) is 40.5 Å². The minimum atomic E-state index is -0.296. The zero-order valence-electron chi connectivity index (χ0n) is 16.2. The quantitative estimate of drug-likeness (QED) is 0.679. The van der Waals surface area contributed by atoms with Gasteiger partial charge in [-0.05, 0) is 48.8 Å². The summed E-state index contributed by atoms with van der Waals surface area (Å²) >= 11 is 6.02. The Labute approximate surface area is 171 Å². The molecular formula is C21H26ClN5O. The van der Waals surface area contributed by atoms with Crippen molar-refractivity contribution in [1.29, 1.82) is 5.26 Å². The van der Waals surface area contributed by atoms with Crippen molar-refractivity contribution >= 4 is 23.4 Å². The van der Waals surface area contributed by atoms with E-state index in [-0.39, 0.29) is 17.6 Å². The van der Waals surface area contributed by atoms with Crippen LogP contribution in [0.2, 0.25) is 5.02 Å². The number of nitrogens with zero attached hydrogens (tertiary/aromatic N) is 3. The Kier molecular flexibility index (Phi) is 6.38. The zero-order chi connectivity index (χ0) is 20.1. The van der Waals surface area contributed by atoms with Crippen LogP contribution in [0.3, 0.4) is 0 Å².